The summed E-state index contributed by atoms with van der Waals surface area (Å²) in [7, 11) is 0. The van der Waals surface area contributed by atoms with Gasteiger partial charge in [-0.05, 0) is 49.2 Å². The molecule has 21 heavy (non-hydrogen) atoms. The minimum atomic E-state index is -0.201. The van der Waals surface area contributed by atoms with E-state index in [0.29, 0.717) is 5.02 Å². The predicted molar refractivity (Wildman–Crippen MR) is 87.5 cm³/mol. The van der Waals surface area contributed by atoms with Crippen LogP contribution in [0.25, 0.3) is 0 Å². The molecule has 0 spiro atoms. The molecule has 0 aromatic heterocycles. The van der Waals surface area contributed by atoms with Gasteiger partial charge in [-0.3, -0.25) is 0 Å². The molecule has 2 rings (SSSR count). The number of halogens is 1. The molecule has 0 unspecified atom stereocenters. The van der Waals surface area contributed by atoms with Crippen molar-refractivity contribution in [1.29, 1.82) is 0 Å². The number of phenols is 1. The molecule has 0 saturated heterocycles. The highest BCUT2D eigenvalue weighted by atomic mass is 35.5. The standard InChI is InChI=1S/C18H21ClO2/c1-12(2)21-15-8-5-13(6-9-15)18(3,4)14-7-10-17(20)16(19)11-14/h5-12,20H,1-4H3. The van der Waals surface area contributed by atoms with Gasteiger partial charge in [-0.2, -0.15) is 0 Å². The minimum Gasteiger partial charge on any atom is -0.506 e. The van der Waals surface area contributed by atoms with Gasteiger partial charge in [0.05, 0.1) is 11.1 Å². The van der Waals surface area contributed by atoms with Crippen LogP contribution in [0.5, 0.6) is 11.5 Å². The fourth-order valence-corrected chi connectivity index (χ4v) is 2.47. The molecule has 3 heteroatoms. The van der Waals surface area contributed by atoms with Gasteiger partial charge >= 0.3 is 0 Å². The number of hydrogen-bond donors (Lipinski definition) is 1. The van der Waals surface area contributed by atoms with E-state index in [4.69, 9.17) is 16.3 Å². The average molecular weight is 305 g/mol. The highest BCUT2D eigenvalue weighted by molar-refractivity contribution is 6.32. The van der Waals surface area contributed by atoms with Crippen LogP contribution >= 0.6 is 11.6 Å². The number of aromatic hydroxyl groups is 1. The molecule has 2 aromatic carbocycles. The van der Waals surface area contributed by atoms with E-state index >= 15 is 0 Å². The molecule has 112 valence electrons. The van der Waals surface area contributed by atoms with Crippen molar-refractivity contribution in [3.63, 3.8) is 0 Å². The van der Waals surface area contributed by atoms with Crippen molar-refractivity contribution in [2.45, 2.75) is 39.2 Å². The van der Waals surface area contributed by atoms with Crippen molar-refractivity contribution < 1.29 is 9.84 Å². The average Bonchev–Trinajstić information content (AvgIpc) is 2.41. The zero-order chi connectivity index (χ0) is 15.6. The Morgan fingerprint density at radius 2 is 1.57 bits per heavy atom. The lowest BCUT2D eigenvalue weighted by Gasteiger charge is -2.26. The highest BCUT2D eigenvalue weighted by Gasteiger charge is 2.24. The van der Waals surface area contributed by atoms with E-state index in [1.807, 2.05) is 38.1 Å². The van der Waals surface area contributed by atoms with Crippen molar-refractivity contribution in [2.75, 3.05) is 0 Å². The van der Waals surface area contributed by atoms with Crippen molar-refractivity contribution in [3.8, 4) is 11.5 Å². The van der Waals surface area contributed by atoms with Gasteiger partial charge in [-0.15, -0.1) is 0 Å². The molecule has 0 fully saturated rings. The molecule has 0 aliphatic rings. The zero-order valence-corrected chi connectivity index (χ0v) is 13.6. The summed E-state index contributed by atoms with van der Waals surface area (Å²) < 4.78 is 5.67. The first-order valence-electron chi connectivity index (χ1n) is 7.07. The molecular weight excluding hydrogens is 284 g/mol. The predicted octanol–water partition coefficient (Wildman–Crippen LogP) is 5.16. The second-order valence-electron chi connectivity index (χ2n) is 5.98. The zero-order valence-electron chi connectivity index (χ0n) is 12.9. The van der Waals surface area contributed by atoms with Gasteiger partial charge in [0.25, 0.3) is 0 Å². The van der Waals surface area contributed by atoms with E-state index in [2.05, 4.69) is 26.0 Å². The molecule has 0 aliphatic heterocycles. The van der Waals surface area contributed by atoms with E-state index in [1.54, 1.807) is 6.07 Å². The SMILES string of the molecule is CC(C)Oc1ccc(C(C)(C)c2ccc(O)c(Cl)c2)cc1. The molecule has 0 radical (unpaired) electrons. The second-order valence-corrected chi connectivity index (χ2v) is 6.39. The van der Waals surface area contributed by atoms with Crippen LogP contribution in [-0.2, 0) is 5.41 Å². The third-order valence-electron chi connectivity index (χ3n) is 3.62. The second kappa shape index (κ2) is 5.98. The first-order valence-corrected chi connectivity index (χ1v) is 7.44. The lowest BCUT2D eigenvalue weighted by molar-refractivity contribution is 0.242. The summed E-state index contributed by atoms with van der Waals surface area (Å²) in [5.41, 5.74) is 2.02. The van der Waals surface area contributed by atoms with Crippen LogP contribution in [0.3, 0.4) is 0 Å². The normalized spacial score (nSPS) is 11.7. The maximum absolute atomic E-state index is 9.55. The molecule has 0 bridgehead atoms. The van der Waals surface area contributed by atoms with Crippen LogP contribution < -0.4 is 4.74 Å². The first kappa shape index (κ1) is 15.7. The minimum absolute atomic E-state index is 0.108. The molecule has 0 amide bonds. The molecule has 2 aromatic rings. The first-order chi connectivity index (χ1) is 9.80. The summed E-state index contributed by atoms with van der Waals surface area (Å²) in [5, 5.41) is 9.93. The number of ether oxygens (including phenoxy) is 1. The largest absolute Gasteiger partial charge is 0.506 e. The van der Waals surface area contributed by atoms with Gasteiger partial charge < -0.3 is 9.84 Å². The van der Waals surface area contributed by atoms with Crippen LogP contribution in [0.2, 0.25) is 5.02 Å². The van der Waals surface area contributed by atoms with E-state index in [-0.39, 0.29) is 17.3 Å². The lowest BCUT2D eigenvalue weighted by Crippen LogP contribution is -2.18. The van der Waals surface area contributed by atoms with E-state index in [1.165, 1.54) is 5.56 Å². The Morgan fingerprint density at radius 3 is 2.10 bits per heavy atom. The van der Waals surface area contributed by atoms with Crippen LogP contribution in [0, 0.1) is 0 Å². The Hall–Kier alpha value is -1.67. The molecule has 0 aliphatic carbocycles. The van der Waals surface area contributed by atoms with Gasteiger partial charge in [-0.25, -0.2) is 0 Å². The van der Waals surface area contributed by atoms with E-state index in [0.717, 1.165) is 11.3 Å². The van der Waals surface area contributed by atoms with Crippen molar-refractivity contribution >= 4 is 11.6 Å². The summed E-state index contributed by atoms with van der Waals surface area (Å²) in [6, 6.07) is 13.5. The van der Waals surface area contributed by atoms with Crippen LogP contribution in [0.1, 0.15) is 38.8 Å². The van der Waals surface area contributed by atoms with Crippen molar-refractivity contribution in [3.05, 3.63) is 58.6 Å². The molecule has 2 nitrogen and oxygen atoms in total. The van der Waals surface area contributed by atoms with E-state index in [9.17, 15) is 5.11 Å². The van der Waals surface area contributed by atoms with Gasteiger partial charge in [0.2, 0.25) is 0 Å². The van der Waals surface area contributed by atoms with Crippen molar-refractivity contribution in [1.82, 2.24) is 0 Å². The molecular formula is C18H21ClO2. The fraction of sp³-hybridized carbons (Fsp3) is 0.333. The molecule has 0 saturated carbocycles. The smallest absolute Gasteiger partial charge is 0.134 e. The Labute approximate surface area is 131 Å². The maximum atomic E-state index is 9.55. The number of hydrogen-bond acceptors (Lipinski definition) is 2. The number of benzene rings is 2. The quantitative estimate of drug-likeness (QED) is 0.845. The third kappa shape index (κ3) is 3.51. The van der Waals surface area contributed by atoms with Crippen LogP contribution in [0.4, 0.5) is 0 Å². The van der Waals surface area contributed by atoms with Crippen molar-refractivity contribution in [2.24, 2.45) is 0 Å². The summed E-state index contributed by atoms with van der Waals surface area (Å²) in [6.45, 7) is 8.29. The number of phenolic OH excluding ortho intramolecular Hbond substituents is 1. The summed E-state index contributed by atoms with van der Waals surface area (Å²) in [4.78, 5) is 0. The van der Waals surface area contributed by atoms with Gasteiger partial charge in [0.15, 0.2) is 0 Å². The Bertz CT molecular complexity index is 616. The maximum Gasteiger partial charge on any atom is 0.134 e. The molecule has 1 N–H and O–H groups in total. The van der Waals surface area contributed by atoms with Gasteiger partial charge in [0.1, 0.15) is 11.5 Å². The molecule has 0 atom stereocenters. The summed E-state index contributed by atoms with van der Waals surface area (Å²) in [5.74, 6) is 0.977. The van der Waals surface area contributed by atoms with Gasteiger partial charge in [0, 0.05) is 5.41 Å². The Kier molecular flexibility index (Phi) is 4.48. The van der Waals surface area contributed by atoms with Crippen LogP contribution in [0.15, 0.2) is 42.5 Å². The monoisotopic (exact) mass is 304 g/mol. The lowest BCUT2D eigenvalue weighted by atomic mass is 9.78. The Balaban J connectivity index is 2.32. The van der Waals surface area contributed by atoms with Gasteiger partial charge in [-0.1, -0.05) is 43.6 Å². The molecule has 0 heterocycles. The Morgan fingerprint density at radius 1 is 1.00 bits per heavy atom. The highest BCUT2D eigenvalue weighted by Crippen LogP contribution is 2.36. The third-order valence-corrected chi connectivity index (χ3v) is 3.92. The summed E-state index contributed by atoms with van der Waals surface area (Å²) in [6.07, 6.45) is 0.166. The van der Waals surface area contributed by atoms with E-state index < -0.39 is 0 Å². The summed E-state index contributed by atoms with van der Waals surface area (Å²) >= 11 is 6.02. The topological polar surface area (TPSA) is 29.5 Å². The number of rotatable bonds is 4. The fourth-order valence-electron chi connectivity index (χ4n) is 2.28. The van der Waals surface area contributed by atoms with Crippen LogP contribution in [-0.4, -0.2) is 11.2 Å².